The maximum absolute atomic E-state index is 11.9. The summed E-state index contributed by atoms with van der Waals surface area (Å²) in [6.07, 6.45) is 7.46. The molecule has 6 heteroatoms. The van der Waals surface area contributed by atoms with Gasteiger partial charge in [0.1, 0.15) is 5.76 Å². The van der Waals surface area contributed by atoms with Crippen molar-refractivity contribution in [2.75, 3.05) is 6.54 Å². The lowest BCUT2D eigenvalue weighted by Crippen LogP contribution is -2.31. The van der Waals surface area contributed by atoms with E-state index >= 15 is 0 Å². The van der Waals surface area contributed by atoms with Gasteiger partial charge in [-0.05, 0) is 43.0 Å². The van der Waals surface area contributed by atoms with E-state index in [1.807, 2.05) is 0 Å². The highest BCUT2D eigenvalue weighted by atomic mass is 16.3. The molecule has 0 radical (unpaired) electrons. The molecule has 0 fully saturated rings. The molecule has 22 heavy (non-hydrogen) atoms. The lowest BCUT2D eigenvalue weighted by Gasteiger charge is -2.07. The Morgan fingerprint density at radius 2 is 2.36 bits per heavy atom. The van der Waals surface area contributed by atoms with Crippen LogP contribution >= 0.6 is 0 Å². The third-order valence-electron chi connectivity index (χ3n) is 3.59. The van der Waals surface area contributed by atoms with Crippen molar-refractivity contribution >= 4 is 12.0 Å². The number of hydrogen-bond donors (Lipinski definition) is 1. The van der Waals surface area contributed by atoms with Crippen LogP contribution in [0.15, 0.2) is 39.7 Å². The molecule has 0 saturated heterocycles. The Morgan fingerprint density at radius 1 is 1.45 bits per heavy atom. The Morgan fingerprint density at radius 3 is 3.18 bits per heavy atom. The largest absolute Gasteiger partial charge is 0.465 e. The van der Waals surface area contributed by atoms with Crippen molar-refractivity contribution in [1.82, 2.24) is 15.1 Å². The number of rotatable bonds is 5. The number of aromatic nitrogens is 2. The third-order valence-corrected chi connectivity index (χ3v) is 3.59. The molecule has 1 aliphatic rings. The van der Waals surface area contributed by atoms with Crippen LogP contribution < -0.4 is 10.9 Å². The number of hydrogen-bond acceptors (Lipinski definition) is 4. The fourth-order valence-electron chi connectivity index (χ4n) is 2.49. The summed E-state index contributed by atoms with van der Waals surface area (Å²) in [6, 6.07) is 5.18. The molecular weight excluding hydrogens is 282 g/mol. The van der Waals surface area contributed by atoms with Gasteiger partial charge < -0.3 is 9.73 Å². The lowest BCUT2D eigenvalue weighted by atomic mass is 10.2. The molecule has 0 aliphatic heterocycles. The minimum absolute atomic E-state index is 0.110. The molecular formula is C16H17N3O3. The van der Waals surface area contributed by atoms with Gasteiger partial charge in [0.2, 0.25) is 5.91 Å². The molecule has 1 N–H and O–H groups in total. The maximum atomic E-state index is 11.9. The van der Waals surface area contributed by atoms with Gasteiger partial charge in [0, 0.05) is 18.7 Å². The van der Waals surface area contributed by atoms with E-state index in [9.17, 15) is 9.59 Å². The van der Waals surface area contributed by atoms with Crippen LogP contribution in [0.3, 0.4) is 0 Å². The Balaban J connectivity index is 1.53. The minimum atomic E-state index is -0.231. The van der Waals surface area contributed by atoms with E-state index < -0.39 is 0 Å². The molecule has 0 spiro atoms. The van der Waals surface area contributed by atoms with Gasteiger partial charge in [-0.3, -0.25) is 9.59 Å². The number of fused-ring (bicyclic) bond motifs is 1. The molecule has 3 rings (SSSR count). The molecule has 0 bridgehead atoms. The van der Waals surface area contributed by atoms with E-state index in [0.717, 1.165) is 30.5 Å². The van der Waals surface area contributed by atoms with E-state index in [4.69, 9.17) is 4.42 Å². The molecule has 2 heterocycles. The van der Waals surface area contributed by atoms with Crippen molar-refractivity contribution in [2.45, 2.75) is 25.8 Å². The summed E-state index contributed by atoms with van der Waals surface area (Å²) in [5, 5.41) is 7.08. The van der Waals surface area contributed by atoms with Crippen LogP contribution in [0.4, 0.5) is 0 Å². The first kappa shape index (κ1) is 14.3. The van der Waals surface area contributed by atoms with Crippen LogP contribution in [0.1, 0.15) is 23.4 Å². The van der Waals surface area contributed by atoms with Gasteiger partial charge in [-0.25, -0.2) is 4.68 Å². The predicted molar refractivity (Wildman–Crippen MR) is 81.3 cm³/mol. The van der Waals surface area contributed by atoms with Gasteiger partial charge in [-0.15, -0.1) is 0 Å². The number of carbonyl (C=O) groups excluding carboxylic acids is 1. The second kappa shape index (κ2) is 6.43. The number of nitrogens with one attached hydrogen (secondary N) is 1. The summed E-state index contributed by atoms with van der Waals surface area (Å²) in [6.45, 7) is 0.722. The quantitative estimate of drug-likeness (QED) is 0.840. The zero-order chi connectivity index (χ0) is 15.4. The van der Waals surface area contributed by atoms with Crippen molar-refractivity contribution in [1.29, 1.82) is 0 Å². The fraction of sp³-hybridized carbons (Fsp3) is 0.312. The first-order valence-corrected chi connectivity index (χ1v) is 7.32. The Labute approximate surface area is 127 Å². The van der Waals surface area contributed by atoms with Crippen molar-refractivity contribution in [3.63, 3.8) is 0 Å². The van der Waals surface area contributed by atoms with Crippen molar-refractivity contribution in [3.05, 3.63) is 57.9 Å². The summed E-state index contributed by atoms with van der Waals surface area (Å²) in [5.41, 5.74) is 1.95. The van der Waals surface area contributed by atoms with Crippen LogP contribution in [0.25, 0.3) is 6.08 Å². The number of amides is 1. The Bertz CT molecular complexity index is 744. The first-order valence-electron chi connectivity index (χ1n) is 7.32. The molecule has 2 aromatic rings. The standard InChI is InChI=1S/C16H17N3O3/c20-15(7-6-13-4-2-10-22-13)17-8-9-19-16(21)11-12-3-1-5-14(12)18-19/h2,4,6-7,10-11H,1,3,5,8-9H2,(H,17,20)/b7-6+. The normalized spacial score (nSPS) is 13.5. The van der Waals surface area contributed by atoms with Gasteiger partial charge in [0.25, 0.3) is 5.56 Å². The van der Waals surface area contributed by atoms with Crippen LogP contribution in [-0.2, 0) is 24.2 Å². The number of aryl methyl sites for hydroxylation is 2. The minimum Gasteiger partial charge on any atom is -0.465 e. The zero-order valence-electron chi connectivity index (χ0n) is 12.1. The molecule has 2 aromatic heterocycles. The average Bonchev–Trinajstić information content (AvgIpc) is 3.16. The van der Waals surface area contributed by atoms with E-state index in [-0.39, 0.29) is 11.5 Å². The Kier molecular flexibility index (Phi) is 4.18. The van der Waals surface area contributed by atoms with Crippen LogP contribution in [-0.4, -0.2) is 22.2 Å². The molecule has 0 unspecified atom stereocenters. The van der Waals surface area contributed by atoms with Gasteiger partial charge in [0.15, 0.2) is 0 Å². The smallest absolute Gasteiger partial charge is 0.267 e. The molecule has 1 aliphatic carbocycles. The zero-order valence-corrected chi connectivity index (χ0v) is 12.1. The first-order chi connectivity index (χ1) is 10.7. The average molecular weight is 299 g/mol. The van der Waals surface area contributed by atoms with Crippen LogP contribution in [0.5, 0.6) is 0 Å². The van der Waals surface area contributed by atoms with Gasteiger partial charge in [0.05, 0.1) is 18.5 Å². The number of nitrogens with zero attached hydrogens (tertiary/aromatic N) is 2. The van der Waals surface area contributed by atoms with Crippen molar-refractivity contribution in [3.8, 4) is 0 Å². The lowest BCUT2D eigenvalue weighted by molar-refractivity contribution is -0.116. The second-order valence-electron chi connectivity index (χ2n) is 5.17. The second-order valence-corrected chi connectivity index (χ2v) is 5.17. The van der Waals surface area contributed by atoms with Crippen molar-refractivity contribution in [2.24, 2.45) is 0 Å². The summed E-state index contributed by atoms with van der Waals surface area (Å²) >= 11 is 0. The SMILES string of the molecule is O=C(/C=C/c1ccco1)NCCn1nc2c(cc1=O)CCC2. The summed E-state index contributed by atoms with van der Waals surface area (Å²) in [4.78, 5) is 23.6. The molecule has 0 saturated carbocycles. The highest BCUT2D eigenvalue weighted by Crippen LogP contribution is 2.16. The Hall–Kier alpha value is -2.63. The van der Waals surface area contributed by atoms with Crippen LogP contribution in [0.2, 0.25) is 0 Å². The van der Waals surface area contributed by atoms with E-state index in [1.54, 1.807) is 30.5 Å². The maximum Gasteiger partial charge on any atom is 0.267 e. The molecule has 0 aromatic carbocycles. The molecule has 6 nitrogen and oxygen atoms in total. The van der Waals surface area contributed by atoms with Gasteiger partial charge >= 0.3 is 0 Å². The van der Waals surface area contributed by atoms with Gasteiger partial charge in [-0.1, -0.05) is 0 Å². The highest BCUT2D eigenvalue weighted by Gasteiger charge is 2.14. The third kappa shape index (κ3) is 3.33. The number of carbonyl (C=O) groups is 1. The number of furan rings is 1. The molecule has 1 amide bonds. The highest BCUT2D eigenvalue weighted by molar-refractivity contribution is 5.91. The molecule has 114 valence electrons. The van der Waals surface area contributed by atoms with Crippen molar-refractivity contribution < 1.29 is 9.21 Å². The van der Waals surface area contributed by atoms with Crippen LogP contribution in [0, 0.1) is 0 Å². The van der Waals surface area contributed by atoms with E-state index in [0.29, 0.717) is 18.8 Å². The molecule has 0 atom stereocenters. The summed E-state index contributed by atoms with van der Waals surface area (Å²) in [5.74, 6) is 0.386. The predicted octanol–water partition coefficient (Wildman–Crippen LogP) is 1.15. The topological polar surface area (TPSA) is 77.1 Å². The van der Waals surface area contributed by atoms with E-state index in [2.05, 4.69) is 10.4 Å². The fourth-order valence-corrected chi connectivity index (χ4v) is 2.49. The van der Waals surface area contributed by atoms with Gasteiger partial charge in [-0.2, -0.15) is 5.10 Å². The summed E-state index contributed by atoms with van der Waals surface area (Å²) < 4.78 is 6.51. The summed E-state index contributed by atoms with van der Waals surface area (Å²) in [7, 11) is 0. The van der Waals surface area contributed by atoms with E-state index in [1.165, 1.54) is 10.8 Å². The monoisotopic (exact) mass is 299 g/mol.